The second kappa shape index (κ2) is 7.91. The second-order valence-electron chi connectivity index (χ2n) is 9.11. The third-order valence-corrected chi connectivity index (χ3v) is 4.41. The van der Waals surface area contributed by atoms with Crippen LogP contribution in [-0.4, -0.2) is 46.5 Å². The standard InChI is InChI=1S/C20H32N2O4/c1-19(2,3)17-13-14(21-26-17)12-16(23)15-8-7-10-22(15)11-9-18(24)25-20(4,5)6/h13,15H,7-12H2,1-6H3/t15-/m0/s1. The van der Waals surface area contributed by atoms with Crippen molar-refractivity contribution >= 4 is 11.8 Å². The Labute approximate surface area is 156 Å². The number of hydrogen-bond donors (Lipinski definition) is 0. The molecule has 1 aromatic heterocycles. The van der Waals surface area contributed by atoms with Crippen LogP contribution in [0.25, 0.3) is 0 Å². The van der Waals surface area contributed by atoms with E-state index in [2.05, 4.69) is 30.8 Å². The van der Waals surface area contributed by atoms with E-state index in [0.717, 1.165) is 25.1 Å². The van der Waals surface area contributed by atoms with Crippen LogP contribution < -0.4 is 0 Å². The third-order valence-electron chi connectivity index (χ3n) is 4.41. The molecular weight excluding hydrogens is 332 g/mol. The first-order valence-corrected chi connectivity index (χ1v) is 9.40. The van der Waals surface area contributed by atoms with Crippen molar-refractivity contribution < 1.29 is 18.8 Å². The number of ketones is 1. The molecule has 0 aliphatic carbocycles. The normalized spacial score (nSPS) is 18.9. The van der Waals surface area contributed by atoms with Crippen molar-refractivity contribution in [3.05, 3.63) is 17.5 Å². The van der Waals surface area contributed by atoms with Gasteiger partial charge in [0.1, 0.15) is 11.4 Å². The lowest BCUT2D eigenvalue weighted by Crippen LogP contribution is -2.38. The summed E-state index contributed by atoms with van der Waals surface area (Å²) in [4.78, 5) is 26.7. The molecule has 2 rings (SSSR count). The van der Waals surface area contributed by atoms with Crippen LogP contribution in [0.4, 0.5) is 0 Å². The largest absolute Gasteiger partial charge is 0.460 e. The van der Waals surface area contributed by atoms with E-state index < -0.39 is 5.60 Å². The molecule has 0 saturated carbocycles. The lowest BCUT2D eigenvalue weighted by molar-refractivity contribution is -0.155. The lowest BCUT2D eigenvalue weighted by atomic mass is 9.93. The fraction of sp³-hybridized carbons (Fsp3) is 0.750. The Hall–Kier alpha value is -1.69. The summed E-state index contributed by atoms with van der Waals surface area (Å²) in [5.41, 5.74) is 0.0785. The Morgan fingerprint density at radius 3 is 2.54 bits per heavy atom. The van der Waals surface area contributed by atoms with Crippen LogP contribution in [0.5, 0.6) is 0 Å². The fourth-order valence-corrected chi connectivity index (χ4v) is 3.13. The Balaban J connectivity index is 1.89. The molecule has 6 nitrogen and oxygen atoms in total. The van der Waals surface area contributed by atoms with Gasteiger partial charge in [0.2, 0.25) is 0 Å². The molecule has 0 spiro atoms. The lowest BCUT2D eigenvalue weighted by Gasteiger charge is -2.24. The molecule has 0 unspecified atom stereocenters. The summed E-state index contributed by atoms with van der Waals surface area (Å²) in [6.07, 6.45) is 2.38. The van der Waals surface area contributed by atoms with E-state index in [-0.39, 0.29) is 29.6 Å². The quantitative estimate of drug-likeness (QED) is 0.721. The predicted molar refractivity (Wildman–Crippen MR) is 99.0 cm³/mol. The summed E-state index contributed by atoms with van der Waals surface area (Å²) in [6.45, 7) is 13.1. The minimum Gasteiger partial charge on any atom is -0.460 e. The number of hydrogen-bond acceptors (Lipinski definition) is 6. The molecule has 1 aliphatic rings. The van der Waals surface area contributed by atoms with Crippen molar-refractivity contribution in [2.75, 3.05) is 13.1 Å². The molecule has 0 bridgehead atoms. The van der Waals surface area contributed by atoms with Crippen molar-refractivity contribution in [1.29, 1.82) is 0 Å². The van der Waals surface area contributed by atoms with Gasteiger partial charge in [-0.2, -0.15) is 0 Å². The van der Waals surface area contributed by atoms with Gasteiger partial charge in [0.05, 0.1) is 24.6 Å². The van der Waals surface area contributed by atoms with Gasteiger partial charge in [0.15, 0.2) is 5.78 Å². The monoisotopic (exact) mass is 364 g/mol. The minimum absolute atomic E-state index is 0.124. The first-order chi connectivity index (χ1) is 12.0. The smallest absolute Gasteiger partial charge is 0.307 e. The van der Waals surface area contributed by atoms with Gasteiger partial charge >= 0.3 is 5.97 Å². The number of aromatic nitrogens is 1. The van der Waals surface area contributed by atoms with Crippen molar-refractivity contribution in [3.8, 4) is 0 Å². The van der Waals surface area contributed by atoms with Crippen LogP contribution >= 0.6 is 0 Å². The zero-order valence-corrected chi connectivity index (χ0v) is 16.9. The number of likely N-dealkylation sites (tertiary alicyclic amines) is 1. The molecule has 0 aromatic carbocycles. The number of rotatable bonds is 6. The maximum Gasteiger partial charge on any atom is 0.307 e. The van der Waals surface area contributed by atoms with Gasteiger partial charge in [-0.3, -0.25) is 14.5 Å². The highest BCUT2D eigenvalue weighted by Crippen LogP contribution is 2.24. The number of ether oxygens (including phenoxy) is 1. The average Bonchev–Trinajstić information content (AvgIpc) is 3.11. The van der Waals surface area contributed by atoms with Crippen molar-refractivity contribution in [3.63, 3.8) is 0 Å². The minimum atomic E-state index is -0.477. The van der Waals surface area contributed by atoms with Crippen molar-refractivity contribution in [2.45, 2.75) is 84.3 Å². The van der Waals surface area contributed by atoms with E-state index in [1.807, 2.05) is 26.8 Å². The van der Waals surface area contributed by atoms with Crippen LogP contribution in [0.15, 0.2) is 10.6 Å². The molecule has 0 radical (unpaired) electrons. The molecule has 6 heteroatoms. The molecule has 2 heterocycles. The molecule has 26 heavy (non-hydrogen) atoms. The maximum absolute atomic E-state index is 12.7. The van der Waals surface area contributed by atoms with Crippen LogP contribution in [0.2, 0.25) is 0 Å². The Kier molecular flexibility index (Phi) is 6.27. The summed E-state index contributed by atoms with van der Waals surface area (Å²) in [5, 5.41) is 4.05. The Bertz CT molecular complexity index is 637. The van der Waals surface area contributed by atoms with Crippen LogP contribution in [0.1, 0.15) is 72.3 Å². The molecule has 0 amide bonds. The molecule has 1 atom stereocenters. The highest BCUT2D eigenvalue weighted by molar-refractivity contribution is 5.86. The first-order valence-electron chi connectivity index (χ1n) is 9.40. The van der Waals surface area contributed by atoms with Crippen LogP contribution in [0.3, 0.4) is 0 Å². The number of Topliss-reactive ketones (excluding diaryl/α,β-unsaturated/α-hetero) is 1. The number of carbonyl (C=O) groups excluding carboxylic acids is 2. The Morgan fingerprint density at radius 1 is 1.27 bits per heavy atom. The summed E-state index contributed by atoms with van der Waals surface area (Å²) in [6, 6.07) is 1.73. The van der Waals surface area contributed by atoms with Gasteiger partial charge in [0, 0.05) is 18.0 Å². The van der Waals surface area contributed by atoms with Gasteiger partial charge in [0.25, 0.3) is 0 Å². The highest BCUT2D eigenvalue weighted by Gasteiger charge is 2.32. The van der Waals surface area contributed by atoms with Gasteiger partial charge in [-0.15, -0.1) is 0 Å². The molecular formula is C20H32N2O4. The zero-order chi connectivity index (χ0) is 19.5. The predicted octanol–water partition coefficient (Wildman–Crippen LogP) is 3.28. The molecule has 1 saturated heterocycles. The van der Waals surface area contributed by atoms with Gasteiger partial charge < -0.3 is 9.26 Å². The number of carbonyl (C=O) groups is 2. The summed E-state index contributed by atoms with van der Waals surface area (Å²) in [5.74, 6) is 0.705. The molecule has 1 aliphatic heterocycles. The van der Waals surface area contributed by atoms with E-state index in [9.17, 15) is 9.59 Å². The van der Waals surface area contributed by atoms with Crippen LogP contribution in [-0.2, 0) is 26.2 Å². The van der Waals surface area contributed by atoms with E-state index >= 15 is 0 Å². The van der Waals surface area contributed by atoms with E-state index in [4.69, 9.17) is 9.26 Å². The second-order valence-corrected chi connectivity index (χ2v) is 9.11. The van der Waals surface area contributed by atoms with Gasteiger partial charge in [-0.25, -0.2) is 0 Å². The highest BCUT2D eigenvalue weighted by atomic mass is 16.6. The third kappa shape index (κ3) is 5.94. The Morgan fingerprint density at radius 2 is 1.96 bits per heavy atom. The van der Waals surface area contributed by atoms with E-state index in [0.29, 0.717) is 18.7 Å². The van der Waals surface area contributed by atoms with Crippen molar-refractivity contribution in [1.82, 2.24) is 10.1 Å². The number of esters is 1. The summed E-state index contributed by atoms with van der Waals surface area (Å²) in [7, 11) is 0. The van der Waals surface area contributed by atoms with Crippen molar-refractivity contribution in [2.24, 2.45) is 0 Å². The number of nitrogens with zero attached hydrogens (tertiary/aromatic N) is 2. The maximum atomic E-state index is 12.7. The zero-order valence-electron chi connectivity index (χ0n) is 16.9. The molecule has 0 N–H and O–H groups in total. The van der Waals surface area contributed by atoms with E-state index in [1.54, 1.807) is 0 Å². The average molecular weight is 364 g/mol. The summed E-state index contributed by atoms with van der Waals surface area (Å²) >= 11 is 0. The topological polar surface area (TPSA) is 72.6 Å². The summed E-state index contributed by atoms with van der Waals surface area (Å²) < 4.78 is 10.7. The van der Waals surface area contributed by atoms with Gasteiger partial charge in [-0.05, 0) is 40.2 Å². The van der Waals surface area contributed by atoms with Crippen LogP contribution in [0, 0.1) is 0 Å². The molecule has 1 fully saturated rings. The fourth-order valence-electron chi connectivity index (χ4n) is 3.13. The first kappa shape index (κ1) is 20.6. The molecule has 146 valence electrons. The van der Waals surface area contributed by atoms with Gasteiger partial charge in [-0.1, -0.05) is 25.9 Å². The SMILES string of the molecule is CC(C)(C)OC(=O)CCN1CCC[C@H]1C(=O)Cc1cc(C(C)(C)C)on1. The molecule has 1 aromatic rings. The van der Waals surface area contributed by atoms with E-state index in [1.165, 1.54) is 0 Å².